The van der Waals surface area contributed by atoms with Crippen molar-refractivity contribution in [2.75, 3.05) is 6.54 Å². The second kappa shape index (κ2) is 12.7. The van der Waals surface area contributed by atoms with Crippen LogP contribution in [-0.4, -0.2) is 64.5 Å². The van der Waals surface area contributed by atoms with Crippen LogP contribution in [0.15, 0.2) is 30.5 Å². The van der Waals surface area contributed by atoms with Crippen LogP contribution in [0.2, 0.25) is 0 Å². The zero-order valence-corrected chi connectivity index (χ0v) is 22.0. The second-order valence-corrected chi connectivity index (χ2v) is 10.2. The molecule has 1 fully saturated rings. The molecule has 1 aromatic carbocycles. The van der Waals surface area contributed by atoms with Gasteiger partial charge in [-0.1, -0.05) is 52.3 Å². The van der Waals surface area contributed by atoms with E-state index >= 15 is 0 Å². The minimum Gasteiger partial charge on any atom is -0.480 e. The van der Waals surface area contributed by atoms with Gasteiger partial charge in [0.1, 0.15) is 18.1 Å². The van der Waals surface area contributed by atoms with E-state index in [0.29, 0.717) is 12.8 Å². The van der Waals surface area contributed by atoms with Gasteiger partial charge >= 0.3 is 5.97 Å². The Morgan fingerprint density at radius 3 is 2.35 bits per heavy atom. The highest BCUT2D eigenvalue weighted by atomic mass is 16.4. The molecular weight excluding hydrogens is 474 g/mol. The first kappa shape index (κ1) is 28.2. The summed E-state index contributed by atoms with van der Waals surface area (Å²) >= 11 is 0. The van der Waals surface area contributed by atoms with Crippen molar-refractivity contribution < 1.29 is 24.3 Å². The van der Waals surface area contributed by atoms with Crippen LogP contribution in [0.1, 0.15) is 52.5 Å². The number of fused-ring (bicyclic) bond motifs is 1. The number of carboxylic acids is 1. The minimum absolute atomic E-state index is 0.229. The van der Waals surface area contributed by atoms with Crippen LogP contribution >= 0.6 is 0 Å². The van der Waals surface area contributed by atoms with Crippen molar-refractivity contribution in [1.82, 2.24) is 26.3 Å². The van der Waals surface area contributed by atoms with Gasteiger partial charge in [0.15, 0.2) is 0 Å². The van der Waals surface area contributed by atoms with Crippen molar-refractivity contribution in [2.24, 2.45) is 11.8 Å². The summed E-state index contributed by atoms with van der Waals surface area (Å²) in [5.74, 6) is -3.03. The van der Waals surface area contributed by atoms with Gasteiger partial charge in [-0.3, -0.25) is 14.4 Å². The van der Waals surface area contributed by atoms with Gasteiger partial charge in [0.2, 0.25) is 17.7 Å². The Morgan fingerprint density at radius 1 is 1.03 bits per heavy atom. The van der Waals surface area contributed by atoms with Crippen LogP contribution in [0.5, 0.6) is 0 Å². The monoisotopic (exact) mass is 513 g/mol. The smallest absolute Gasteiger partial charge is 0.326 e. The van der Waals surface area contributed by atoms with Crippen LogP contribution in [0.4, 0.5) is 0 Å². The Kier molecular flexibility index (Phi) is 9.68. The molecule has 5 atom stereocenters. The molecule has 2 aromatic rings. The molecule has 6 N–H and O–H groups in total. The maximum atomic E-state index is 13.6. The Morgan fingerprint density at radius 2 is 1.73 bits per heavy atom. The van der Waals surface area contributed by atoms with Crippen molar-refractivity contribution in [2.45, 2.75) is 77.5 Å². The van der Waals surface area contributed by atoms with E-state index in [1.807, 2.05) is 44.3 Å². The number of aliphatic carboxylic acids is 1. The number of hydrogen-bond donors (Lipinski definition) is 6. The molecule has 1 aliphatic rings. The van der Waals surface area contributed by atoms with E-state index in [2.05, 4.69) is 26.3 Å². The maximum absolute atomic E-state index is 13.6. The predicted octanol–water partition coefficient (Wildman–Crippen LogP) is 1.70. The molecule has 10 heteroatoms. The first-order valence-electron chi connectivity index (χ1n) is 13.0. The number of rotatable bonds is 12. The summed E-state index contributed by atoms with van der Waals surface area (Å²) < 4.78 is 0. The average Bonchev–Trinajstić information content (AvgIpc) is 3.55. The summed E-state index contributed by atoms with van der Waals surface area (Å²) in [6.07, 6.45) is 4.21. The Bertz CT molecular complexity index is 1110. The number of amides is 3. The third-order valence-electron chi connectivity index (χ3n) is 7.13. The molecular formula is C27H39N5O5. The lowest BCUT2D eigenvalue weighted by Crippen LogP contribution is -2.59. The molecule has 202 valence electrons. The molecule has 3 amide bonds. The summed E-state index contributed by atoms with van der Waals surface area (Å²) in [6.45, 7) is 7.88. The zero-order valence-electron chi connectivity index (χ0n) is 22.0. The molecule has 0 saturated carbocycles. The van der Waals surface area contributed by atoms with Crippen molar-refractivity contribution in [3.63, 3.8) is 0 Å². The fourth-order valence-electron chi connectivity index (χ4n) is 4.62. The molecule has 2 heterocycles. The topological polar surface area (TPSA) is 152 Å². The number of hydrogen-bond acceptors (Lipinski definition) is 5. The van der Waals surface area contributed by atoms with Crippen LogP contribution in [0, 0.1) is 11.8 Å². The first-order valence-corrected chi connectivity index (χ1v) is 13.0. The van der Waals surface area contributed by atoms with Gasteiger partial charge in [0.05, 0.1) is 6.04 Å². The van der Waals surface area contributed by atoms with Gasteiger partial charge in [-0.2, -0.15) is 0 Å². The van der Waals surface area contributed by atoms with E-state index in [0.717, 1.165) is 29.4 Å². The fraction of sp³-hybridized carbons (Fsp3) is 0.556. The van der Waals surface area contributed by atoms with Gasteiger partial charge in [-0.15, -0.1) is 0 Å². The average molecular weight is 514 g/mol. The summed E-state index contributed by atoms with van der Waals surface area (Å²) in [6, 6.07) is 4.39. The normalized spacial score (nSPS) is 18.7. The Balaban J connectivity index is 1.83. The highest BCUT2D eigenvalue weighted by Crippen LogP contribution is 2.20. The molecule has 0 radical (unpaired) electrons. The van der Waals surface area contributed by atoms with E-state index < -0.39 is 35.9 Å². The van der Waals surface area contributed by atoms with Crippen LogP contribution < -0.4 is 21.3 Å². The van der Waals surface area contributed by atoms with Gasteiger partial charge in [0, 0.05) is 23.5 Å². The lowest BCUT2D eigenvalue weighted by Gasteiger charge is -2.29. The fourth-order valence-corrected chi connectivity index (χ4v) is 4.62. The van der Waals surface area contributed by atoms with Gasteiger partial charge in [-0.25, -0.2) is 4.79 Å². The van der Waals surface area contributed by atoms with E-state index in [9.17, 15) is 24.3 Å². The first-order chi connectivity index (χ1) is 17.6. The van der Waals surface area contributed by atoms with Crippen LogP contribution in [-0.2, 0) is 25.6 Å². The van der Waals surface area contributed by atoms with Crippen LogP contribution in [0.25, 0.3) is 10.9 Å². The number of aromatic amines is 1. The predicted molar refractivity (Wildman–Crippen MR) is 141 cm³/mol. The summed E-state index contributed by atoms with van der Waals surface area (Å²) in [7, 11) is 0. The van der Waals surface area contributed by atoms with Gasteiger partial charge < -0.3 is 31.4 Å². The third kappa shape index (κ3) is 7.09. The van der Waals surface area contributed by atoms with Crippen molar-refractivity contribution in [1.29, 1.82) is 0 Å². The Labute approximate surface area is 217 Å². The van der Waals surface area contributed by atoms with E-state index in [1.54, 1.807) is 13.8 Å². The quantitative estimate of drug-likeness (QED) is 0.254. The number of para-hydroxylation sites is 1. The molecule has 0 spiro atoms. The Hall–Kier alpha value is -3.40. The molecule has 1 saturated heterocycles. The van der Waals surface area contributed by atoms with Crippen molar-refractivity contribution >= 4 is 34.6 Å². The number of H-pyrrole nitrogens is 1. The molecule has 0 aliphatic carbocycles. The number of nitrogens with one attached hydrogen (secondary N) is 5. The van der Waals surface area contributed by atoms with E-state index in [-0.39, 0.29) is 30.2 Å². The van der Waals surface area contributed by atoms with E-state index in [4.69, 9.17) is 0 Å². The third-order valence-corrected chi connectivity index (χ3v) is 7.13. The molecule has 3 rings (SSSR count). The van der Waals surface area contributed by atoms with Crippen LogP contribution in [0.3, 0.4) is 0 Å². The number of carboxylic acid groups (broad SMARTS) is 1. The largest absolute Gasteiger partial charge is 0.480 e. The highest BCUT2D eigenvalue weighted by molar-refractivity contribution is 5.95. The summed E-state index contributed by atoms with van der Waals surface area (Å²) in [4.78, 5) is 54.5. The van der Waals surface area contributed by atoms with E-state index in [1.165, 1.54) is 0 Å². The number of aromatic nitrogens is 1. The van der Waals surface area contributed by atoms with Gasteiger partial charge in [-0.05, 0) is 42.9 Å². The highest BCUT2D eigenvalue weighted by Gasteiger charge is 2.34. The molecule has 0 bridgehead atoms. The summed E-state index contributed by atoms with van der Waals surface area (Å²) in [5.41, 5.74) is 1.79. The number of benzene rings is 1. The number of carbonyl (C=O) groups excluding carboxylic acids is 3. The zero-order chi connectivity index (χ0) is 27.1. The molecule has 37 heavy (non-hydrogen) atoms. The SMILES string of the molecule is CCC(C)C(NC(=O)C(Cc1c[nH]c2ccccc12)NC(=O)C1CCCN1)C(=O)NC(C(=O)O)C(C)C. The summed E-state index contributed by atoms with van der Waals surface area (Å²) in [5, 5.41) is 21.9. The van der Waals surface area contributed by atoms with Gasteiger partial charge in [0.25, 0.3) is 0 Å². The molecule has 10 nitrogen and oxygen atoms in total. The maximum Gasteiger partial charge on any atom is 0.326 e. The lowest BCUT2D eigenvalue weighted by molar-refractivity contribution is -0.144. The molecule has 5 unspecified atom stereocenters. The second-order valence-electron chi connectivity index (χ2n) is 10.2. The standard InChI is InChI=1S/C27H39N5O5/c1-5-16(4)23(26(35)31-22(15(2)3)27(36)37)32-25(34)21(30-24(33)20-11-8-12-28-20)13-17-14-29-19-10-7-6-9-18(17)19/h6-7,9-10,14-16,20-23,28-29H,5,8,11-13H2,1-4H3,(H,30,33)(H,31,35)(H,32,34)(H,36,37). The molecule has 1 aromatic heterocycles. The minimum atomic E-state index is -1.13. The number of carbonyl (C=O) groups is 4. The van der Waals surface area contributed by atoms with Crippen molar-refractivity contribution in [3.8, 4) is 0 Å². The lowest BCUT2D eigenvalue weighted by atomic mass is 9.95. The molecule has 1 aliphatic heterocycles. The van der Waals surface area contributed by atoms with Crippen molar-refractivity contribution in [3.05, 3.63) is 36.0 Å².